The molecule has 0 unspecified atom stereocenters. The first-order chi connectivity index (χ1) is 12.9. The zero-order valence-corrected chi connectivity index (χ0v) is 16.1. The SMILES string of the molecule is Cc1ccnc(N2CCN(Cc3cccc(F)c3)CC2)c1OC(=O)C(C)C. The zero-order valence-electron chi connectivity index (χ0n) is 16.1. The number of hydrogen-bond donors (Lipinski definition) is 0. The molecule has 1 fully saturated rings. The Labute approximate surface area is 159 Å². The molecule has 3 rings (SSSR count). The summed E-state index contributed by atoms with van der Waals surface area (Å²) in [6.07, 6.45) is 1.75. The third-order valence-electron chi connectivity index (χ3n) is 4.72. The third kappa shape index (κ3) is 4.83. The van der Waals surface area contributed by atoms with E-state index < -0.39 is 0 Å². The standard InChI is InChI=1S/C21H26FN3O2/c1-15(2)21(26)27-19-16(3)7-8-23-20(19)25-11-9-24(10-12-25)14-17-5-4-6-18(22)13-17/h4-8,13,15H,9-12,14H2,1-3H3. The molecule has 27 heavy (non-hydrogen) atoms. The molecule has 0 bridgehead atoms. The average molecular weight is 371 g/mol. The van der Waals surface area contributed by atoms with Crippen molar-refractivity contribution in [1.29, 1.82) is 0 Å². The summed E-state index contributed by atoms with van der Waals surface area (Å²) < 4.78 is 19.0. The summed E-state index contributed by atoms with van der Waals surface area (Å²) in [5.41, 5.74) is 1.87. The number of carbonyl (C=O) groups is 1. The second-order valence-electron chi connectivity index (χ2n) is 7.25. The summed E-state index contributed by atoms with van der Waals surface area (Å²) in [7, 11) is 0. The molecule has 1 aromatic heterocycles. The van der Waals surface area contributed by atoms with Gasteiger partial charge in [0.25, 0.3) is 0 Å². The highest BCUT2D eigenvalue weighted by molar-refractivity contribution is 5.76. The van der Waals surface area contributed by atoms with Gasteiger partial charge in [0.05, 0.1) is 5.92 Å². The minimum atomic E-state index is -0.253. The molecule has 144 valence electrons. The smallest absolute Gasteiger partial charge is 0.313 e. The van der Waals surface area contributed by atoms with Gasteiger partial charge in [-0.15, -0.1) is 0 Å². The predicted molar refractivity (Wildman–Crippen MR) is 103 cm³/mol. The molecular formula is C21H26FN3O2. The molecule has 2 aromatic rings. The van der Waals surface area contributed by atoms with Crippen LogP contribution in [0.4, 0.5) is 10.2 Å². The summed E-state index contributed by atoms with van der Waals surface area (Å²) in [6.45, 7) is 9.51. The molecule has 0 N–H and O–H groups in total. The average Bonchev–Trinajstić information content (AvgIpc) is 2.64. The van der Waals surface area contributed by atoms with Crippen LogP contribution in [0.1, 0.15) is 25.0 Å². The molecule has 5 nitrogen and oxygen atoms in total. The molecule has 0 saturated carbocycles. The normalized spacial score (nSPS) is 15.2. The number of aryl methyl sites for hydroxylation is 1. The van der Waals surface area contributed by atoms with E-state index in [9.17, 15) is 9.18 Å². The minimum Gasteiger partial charge on any atom is -0.422 e. The van der Waals surface area contributed by atoms with E-state index in [-0.39, 0.29) is 17.7 Å². The van der Waals surface area contributed by atoms with Gasteiger partial charge in [0.2, 0.25) is 0 Å². The Morgan fingerprint density at radius 2 is 1.96 bits per heavy atom. The second kappa shape index (κ2) is 8.48. The third-order valence-corrected chi connectivity index (χ3v) is 4.72. The fourth-order valence-corrected chi connectivity index (χ4v) is 3.11. The molecule has 1 aromatic carbocycles. The Morgan fingerprint density at radius 1 is 1.22 bits per heavy atom. The van der Waals surface area contributed by atoms with Gasteiger partial charge < -0.3 is 9.64 Å². The molecule has 0 aliphatic carbocycles. The van der Waals surface area contributed by atoms with Crippen molar-refractivity contribution in [1.82, 2.24) is 9.88 Å². The zero-order chi connectivity index (χ0) is 19.4. The van der Waals surface area contributed by atoms with Crippen LogP contribution in [0, 0.1) is 18.7 Å². The van der Waals surface area contributed by atoms with Crippen molar-refractivity contribution >= 4 is 11.8 Å². The fourth-order valence-electron chi connectivity index (χ4n) is 3.11. The number of benzene rings is 1. The number of halogens is 1. The number of esters is 1. The van der Waals surface area contributed by atoms with Crippen molar-refractivity contribution in [2.24, 2.45) is 5.92 Å². The monoisotopic (exact) mass is 371 g/mol. The Morgan fingerprint density at radius 3 is 2.63 bits per heavy atom. The number of carbonyl (C=O) groups excluding carboxylic acids is 1. The van der Waals surface area contributed by atoms with E-state index in [2.05, 4.69) is 14.8 Å². The largest absolute Gasteiger partial charge is 0.422 e. The summed E-state index contributed by atoms with van der Waals surface area (Å²) >= 11 is 0. The summed E-state index contributed by atoms with van der Waals surface area (Å²) in [6, 6.07) is 8.59. The number of piperazine rings is 1. The van der Waals surface area contributed by atoms with Crippen LogP contribution in [-0.4, -0.2) is 42.0 Å². The van der Waals surface area contributed by atoms with Crippen molar-refractivity contribution in [3.8, 4) is 5.75 Å². The highest BCUT2D eigenvalue weighted by atomic mass is 19.1. The lowest BCUT2D eigenvalue weighted by molar-refractivity contribution is -0.137. The van der Waals surface area contributed by atoms with E-state index in [1.54, 1.807) is 18.3 Å². The molecule has 1 aliphatic rings. The van der Waals surface area contributed by atoms with Crippen molar-refractivity contribution in [2.75, 3.05) is 31.1 Å². The molecule has 6 heteroatoms. The molecular weight excluding hydrogens is 345 g/mol. The van der Waals surface area contributed by atoms with E-state index in [4.69, 9.17) is 4.74 Å². The maximum atomic E-state index is 13.4. The Balaban J connectivity index is 1.67. The van der Waals surface area contributed by atoms with Gasteiger partial charge in [-0.2, -0.15) is 0 Å². The maximum absolute atomic E-state index is 13.4. The summed E-state index contributed by atoms with van der Waals surface area (Å²) in [5.74, 6) is 0.619. The molecule has 1 aliphatic heterocycles. The molecule has 2 heterocycles. The van der Waals surface area contributed by atoms with Crippen LogP contribution in [0.25, 0.3) is 0 Å². The Hall–Kier alpha value is -2.47. The van der Waals surface area contributed by atoms with E-state index in [1.807, 2.05) is 32.9 Å². The van der Waals surface area contributed by atoms with Crippen molar-refractivity contribution in [3.63, 3.8) is 0 Å². The lowest BCUT2D eigenvalue weighted by Crippen LogP contribution is -2.46. The fraction of sp³-hybridized carbons (Fsp3) is 0.429. The maximum Gasteiger partial charge on any atom is 0.313 e. The van der Waals surface area contributed by atoms with Crippen LogP contribution >= 0.6 is 0 Å². The number of aromatic nitrogens is 1. The highest BCUT2D eigenvalue weighted by Crippen LogP contribution is 2.31. The van der Waals surface area contributed by atoms with E-state index in [1.165, 1.54) is 6.07 Å². The number of ether oxygens (including phenoxy) is 1. The summed E-state index contributed by atoms with van der Waals surface area (Å²) in [5, 5.41) is 0. The quantitative estimate of drug-likeness (QED) is 0.754. The van der Waals surface area contributed by atoms with Gasteiger partial charge in [-0.3, -0.25) is 9.69 Å². The van der Waals surface area contributed by atoms with Crippen LogP contribution in [-0.2, 0) is 11.3 Å². The number of nitrogens with zero attached hydrogens (tertiary/aromatic N) is 3. The number of anilines is 1. The first-order valence-corrected chi connectivity index (χ1v) is 9.33. The van der Waals surface area contributed by atoms with Crippen LogP contribution in [0.3, 0.4) is 0 Å². The minimum absolute atomic E-state index is 0.194. The van der Waals surface area contributed by atoms with Crippen LogP contribution in [0.5, 0.6) is 5.75 Å². The van der Waals surface area contributed by atoms with Gasteiger partial charge in [0.1, 0.15) is 5.82 Å². The van der Waals surface area contributed by atoms with Gasteiger partial charge >= 0.3 is 5.97 Å². The Kier molecular flexibility index (Phi) is 6.06. The number of pyridine rings is 1. The topological polar surface area (TPSA) is 45.7 Å². The molecule has 1 saturated heterocycles. The van der Waals surface area contributed by atoms with Gasteiger partial charge in [0.15, 0.2) is 11.6 Å². The molecule has 0 spiro atoms. The van der Waals surface area contributed by atoms with E-state index in [0.717, 1.165) is 49.7 Å². The summed E-state index contributed by atoms with van der Waals surface area (Å²) in [4.78, 5) is 21.0. The lowest BCUT2D eigenvalue weighted by Gasteiger charge is -2.36. The van der Waals surface area contributed by atoms with Crippen molar-refractivity contribution < 1.29 is 13.9 Å². The Bertz CT molecular complexity index is 802. The van der Waals surface area contributed by atoms with Gasteiger partial charge in [-0.05, 0) is 36.2 Å². The first kappa shape index (κ1) is 19.3. The second-order valence-corrected chi connectivity index (χ2v) is 7.25. The highest BCUT2D eigenvalue weighted by Gasteiger charge is 2.24. The van der Waals surface area contributed by atoms with Crippen molar-refractivity contribution in [2.45, 2.75) is 27.3 Å². The van der Waals surface area contributed by atoms with E-state index in [0.29, 0.717) is 5.75 Å². The molecule has 0 atom stereocenters. The van der Waals surface area contributed by atoms with Gasteiger partial charge in [0, 0.05) is 38.9 Å². The first-order valence-electron chi connectivity index (χ1n) is 9.33. The van der Waals surface area contributed by atoms with Gasteiger partial charge in [-0.25, -0.2) is 9.37 Å². The lowest BCUT2D eigenvalue weighted by atomic mass is 10.2. The van der Waals surface area contributed by atoms with Crippen LogP contribution in [0.15, 0.2) is 36.5 Å². The van der Waals surface area contributed by atoms with Crippen LogP contribution < -0.4 is 9.64 Å². The molecule has 0 radical (unpaired) electrons. The number of rotatable bonds is 5. The molecule has 0 amide bonds. The number of hydrogen-bond acceptors (Lipinski definition) is 5. The van der Waals surface area contributed by atoms with Gasteiger partial charge in [-0.1, -0.05) is 26.0 Å². The predicted octanol–water partition coefficient (Wildman–Crippen LogP) is 3.41. The van der Waals surface area contributed by atoms with Crippen molar-refractivity contribution in [3.05, 3.63) is 53.5 Å². The van der Waals surface area contributed by atoms with E-state index >= 15 is 0 Å². The van der Waals surface area contributed by atoms with Crippen LogP contribution in [0.2, 0.25) is 0 Å².